The number of aryl methyl sites for hydroxylation is 1. The molecule has 3 rings (SSSR count). The van der Waals surface area contributed by atoms with Crippen LogP contribution in [0.4, 0.5) is 11.4 Å². The van der Waals surface area contributed by atoms with Crippen LogP contribution in [0.2, 0.25) is 0 Å². The predicted octanol–water partition coefficient (Wildman–Crippen LogP) is 4.30. The van der Waals surface area contributed by atoms with Crippen molar-refractivity contribution in [1.29, 1.82) is 0 Å². The highest BCUT2D eigenvalue weighted by molar-refractivity contribution is 5.99. The lowest BCUT2D eigenvalue weighted by molar-refractivity contribution is -0.121. The first-order chi connectivity index (χ1) is 13.0. The number of carbonyl (C=O) groups is 2. The Morgan fingerprint density at radius 2 is 1.93 bits per heavy atom. The van der Waals surface area contributed by atoms with Crippen molar-refractivity contribution in [2.45, 2.75) is 40.2 Å². The summed E-state index contributed by atoms with van der Waals surface area (Å²) in [6.45, 7) is 6.56. The fourth-order valence-corrected chi connectivity index (χ4v) is 3.31. The van der Waals surface area contributed by atoms with Gasteiger partial charge in [0.25, 0.3) is 5.91 Å². The van der Waals surface area contributed by atoms with Crippen LogP contribution in [0.3, 0.4) is 0 Å². The molecule has 2 amide bonds. The number of anilines is 2. The first-order valence-electron chi connectivity index (χ1n) is 9.46. The molecule has 0 bridgehead atoms. The molecule has 0 aromatic heterocycles. The molecule has 0 saturated heterocycles. The summed E-state index contributed by atoms with van der Waals surface area (Å²) in [5, 5.41) is 2.97. The van der Waals surface area contributed by atoms with E-state index < -0.39 is 0 Å². The largest absolute Gasteiger partial charge is 0.482 e. The Morgan fingerprint density at radius 1 is 1.19 bits per heavy atom. The van der Waals surface area contributed by atoms with E-state index in [0.717, 1.165) is 24.0 Å². The van der Waals surface area contributed by atoms with E-state index in [1.165, 1.54) is 0 Å². The molecule has 0 saturated carbocycles. The molecule has 27 heavy (non-hydrogen) atoms. The summed E-state index contributed by atoms with van der Waals surface area (Å²) in [6.07, 6.45) is 1.60. The number of ether oxygens (including phenoxy) is 1. The molecule has 0 fully saturated rings. The van der Waals surface area contributed by atoms with Gasteiger partial charge in [-0.3, -0.25) is 9.59 Å². The van der Waals surface area contributed by atoms with Crippen molar-refractivity contribution in [2.24, 2.45) is 5.92 Å². The summed E-state index contributed by atoms with van der Waals surface area (Å²) in [7, 11) is 0. The third-order valence-corrected chi connectivity index (χ3v) is 5.12. The molecule has 0 unspecified atom stereocenters. The third kappa shape index (κ3) is 4.13. The van der Waals surface area contributed by atoms with E-state index in [9.17, 15) is 9.59 Å². The standard InChI is InChI=1S/C22H26N2O3/c1-4-16(5-2)22(26)23-18-10-11-20-19(12-18)24(21(25)14-27-20)13-17-9-7-6-8-15(17)3/h6-12,16H,4-5,13-14H2,1-3H3,(H,23,26). The summed E-state index contributed by atoms with van der Waals surface area (Å²) in [6, 6.07) is 13.5. The van der Waals surface area contributed by atoms with Crippen LogP contribution in [0.15, 0.2) is 42.5 Å². The molecular formula is C22H26N2O3. The summed E-state index contributed by atoms with van der Waals surface area (Å²) >= 11 is 0. The van der Waals surface area contributed by atoms with Crippen molar-refractivity contribution in [1.82, 2.24) is 0 Å². The monoisotopic (exact) mass is 366 g/mol. The highest BCUT2D eigenvalue weighted by Gasteiger charge is 2.26. The number of nitrogens with one attached hydrogen (secondary N) is 1. The first kappa shape index (κ1) is 19.0. The Balaban J connectivity index is 1.88. The quantitative estimate of drug-likeness (QED) is 0.829. The number of benzene rings is 2. The van der Waals surface area contributed by atoms with E-state index in [0.29, 0.717) is 23.7 Å². The SMILES string of the molecule is CCC(CC)C(=O)Nc1ccc2c(c1)N(Cc1ccccc1C)C(=O)CO2. The second-order valence-electron chi connectivity index (χ2n) is 6.88. The molecule has 5 heteroatoms. The van der Waals surface area contributed by atoms with Gasteiger partial charge in [-0.05, 0) is 49.1 Å². The number of amides is 2. The Labute approximate surface area is 160 Å². The lowest BCUT2D eigenvalue weighted by Gasteiger charge is -2.30. The number of hydrogen-bond acceptors (Lipinski definition) is 3. The smallest absolute Gasteiger partial charge is 0.265 e. The molecule has 0 atom stereocenters. The minimum Gasteiger partial charge on any atom is -0.482 e. The zero-order chi connectivity index (χ0) is 19.4. The molecule has 1 aliphatic heterocycles. The average molecular weight is 366 g/mol. The Bertz CT molecular complexity index is 843. The molecule has 0 aliphatic carbocycles. The maximum absolute atomic E-state index is 12.5. The van der Waals surface area contributed by atoms with Gasteiger partial charge in [-0.15, -0.1) is 0 Å². The lowest BCUT2D eigenvalue weighted by atomic mass is 10.0. The highest BCUT2D eigenvalue weighted by Crippen LogP contribution is 2.36. The molecule has 142 valence electrons. The van der Waals surface area contributed by atoms with Gasteiger partial charge < -0.3 is 15.0 Å². The molecular weight excluding hydrogens is 340 g/mol. The van der Waals surface area contributed by atoms with Gasteiger partial charge in [-0.2, -0.15) is 0 Å². The Kier molecular flexibility index (Phi) is 5.79. The fraction of sp³-hybridized carbons (Fsp3) is 0.364. The number of hydrogen-bond donors (Lipinski definition) is 1. The fourth-order valence-electron chi connectivity index (χ4n) is 3.31. The van der Waals surface area contributed by atoms with E-state index in [1.807, 2.05) is 63.2 Å². The van der Waals surface area contributed by atoms with Crippen LogP contribution in [0.5, 0.6) is 5.75 Å². The molecule has 2 aromatic rings. The number of rotatable bonds is 6. The van der Waals surface area contributed by atoms with Crippen LogP contribution in [0.25, 0.3) is 0 Å². The molecule has 1 heterocycles. The number of carbonyl (C=O) groups excluding carboxylic acids is 2. The number of fused-ring (bicyclic) bond motifs is 1. The summed E-state index contributed by atoms with van der Waals surface area (Å²) in [5.74, 6) is 0.563. The van der Waals surface area contributed by atoms with Crippen LogP contribution >= 0.6 is 0 Å². The Morgan fingerprint density at radius 3 is 2.63 bits per heavy atom. The van der Waals surface area contributed by atoms with Crippen LogP contribution in [0, 0.1) is 12.8 Å². The van der Waals surface area contributed by atoms with Crippen LogP contribution < -0.4 is 15.0 Å². The van der Waals surface area contributed by atoms with Crippen molar-refractivity contribution >= 4 is 23.2 Å². The van der Waals surface area contributed by atoms with Gasteiger partial charge in [0.05, 0.1) is 12.2 Å². The summed E-state index contributed by atoms with van der Waals surface area (Å²) < 4.78 is 5.58. The topological polar surface area (TPSA) is 58.6 Å². The maximum atomic E-state index is 12.5. The van der Waals surface area contributed by atoms with Gasteiger partial charge in [0.15, 0.2) is 6.61 Å². The minimum absolute atomic E-state index is 0.00783. The van der Waals surface area contributed by atoms with Gasteiger partial charge >= 0.3 is 0 Å². The normalized spacial score (nSPS) is 13.3. The van der Waals surface area contributed by atoms with Crippen molar-refractivity contribution in [3.8, 4) is 5.75 Å². The highest BCUT2D eigenvalue weighted by atomic mass is 16.5. The Hall–Kier alpha value is -2.82. The van der Waals surface area contributed by atoms with Crippen molar-refractivity contribution in [3.63, 3.8) is 0 Å². The molecule has 1 aliphatic rings. The molecule has 0 spiro atoms. The van der Waals surface area contributed by atoms with Crippen LogP contribution in [-0.4, -0.2) is 18.4 Å². The molecule has 1 N–H and O–H groups in total. The molecule has 0 radical (unpaired) electrons. The summed E-state index contributed by atoms with van der Waals surface area (Å²) in [4.78, 5) is 26.7. The van der Waals surface area contributed by atoms with Gasteiger partial charge in [0.2, 0.25) is 5.91 Å². The number of nitrogens with zero attached hydrogens (tertiary/aromatic N) is 1. The maximum Gasteiger partial charge on any atom is 0.265 e. The van der Waals surface area contributed by atoms with E-state index in [-0.39, 0.29) is 24.3 Å². The van der Waals surface area contributed by atoms with Gasteiger partial charge in [-0.25, -0.2) is 0 Å². The molecule has 2 aromatic carbocycles. The zero-order valence-corrected chi connectivity index (χ0v) is 16.1. The second kappa shape index (κ2) is 8.25. The van der Waals surface area contributed by atoms with E-state index in [2.05, 4.69) is 5.32 Å². The van der Waals surface area contributed by atoms with Crippen LogP contribution in [0.1, 0.15) is 37.8 Å². The summed E-state index contributed by atoms with van der Waals surface area (Å²) in [5.41, 5.74) is 3.59. The zero-order valence-electron chi connectivity index (χ0n) is 16.1. The van der Waals surface area contributed by atoms with Crippen LogP contribution in [-0.2, 0) is 16.1 Å². The van der Waals surface area contributed by atoms with E-state index in [1.54, 1.807) is 4.90 Å². The minimum atomic E-state index is -0.0887. The van der Waals surface area contributed by atoms with Gasteiger partial charge in [-0.1, -0.05) is 38.1 Å². The predicted molar refractivity (Wildman–Crippen MR) is 107 cm³/mol. The average Bonchev–Trinajstić information content (AvgIpc) is 2.66. The van der Waals surface area contributed by atoms with Crippen molar-refractivity contribution in [3.05, 3.63) is 53.6 Å². The van der Waals surface area contributed by atoms with E-state index in [4.69, 9.17) is 4.74 Å². The van der Waals surface area contributed by atoms with Crippen molar-refractivity contribution < 1.29 is 14.3 Å². The van der Waals surface area contributed by atoms with Gasteiger partial charge in [0, 0.05) is 11.6 Å². The van der Waals surface area contributed by atoms with E-state index >= 15 is 0 Å². The molecule has 5 nitrogen and oxygen atoms in total. The third-order valence-electron chi connectivity index (χ3n) is 5.12. The van der Waals surface area contributed by atoms with Crippen molar-refractivity contribution in [2.75, 3.05) is 16.8 Å². The first-order valence-corrected chi connectivity index (χ1v) is 9.46. The second-order valence-corrected chi connectivity index (χ2v) is 6.88. The lowest BCUT2D eigenvalue weighted by Crippen LogP contribution is -2.38. The van der Waals surface area contributed by atoms with Gasteiger partial charge in [0.1, 0.15) is 5.75 Å².